The highest BCUT2D eigenvalue weighted by Gasteiger charge is 2.14. The van der Waals surface area contributed by atoms with Gasteiger partial charge in [-0.25, -0.2) is 0 Å². The van der Waals surface area contributed by atoms with Gasteiger partial charge in [0.25, 0.3) is 0 Å². The van der Waals surface area contributed by atoms with Crippen LogP contribution in [0, 0.1) is 17.2 Å². The van der Waals surface area contributed by atoms with Crippen molar-refractivity contribution in [2.24, 2.45) is 5.92 Å². The zero-order valence-electron chi connectivity index (χ0n) is 9.50. The molecule has 1 aromatic carbocycles. The molecule has 0 spiro atoms. The van der Waals surface area contributed by atoms with Crippen LogP contribution in [0.5, 0.6) is 0 Å². The van der Waals surface area contributed by atoms with Crippen molar-refractivity contribution < 1.29 is 0 Å². The van der Waals surface area contributed by atoms with Crippen LogP contribution in [0.1, 0.15) is 38.2 Å². The molecule has 1 rings (SSSR count). The molecule has 0 aliphatic carbocycles. The van der Waals surface area contributed by atoms with Crippen molar-refractivity contribution >= 4 is 23.2 Å². The molecule has 0 aliphatic heterocycles. The van der Waals surface area contributed by atoms with Crippen LogP contribution >= 0.6 is 23.2 Å². The van der Waals surface area contributed by atoms with Crippen LogP contribution in [0.15, 0.2) is 18.2 Å². The van der Waals surface area contributed by atoms with Crippen LogP contribution in [-0.4, -0.2) is 0 Å². The third kappa shape index (κ3) is 3.70. The third-order valence-corrected chi connectivity index (χ3v) is 3.09. The van der Waals surface area contributed by atoms with E-state index in [-0.39, 0.29) is 5.92 Å². The summed E-state index contributed by atoms with van der Waals surface area (Å²) >= 11 is 11.9. The third-order valence-electron chi connectivity index (χ3n) is 2.53. The Morgan fingerprint density at radius 2 is 1.94 bits per heavy atom. The van der Waals surface area contributed by atoms with E-state index in [1.807, 2.05) is 6.07 Å². The molecular formula is C13H15Cl2N. The van der Waals surface area contributed by atoms with Crippen LogP contribution in [0.25, 0.3) is 0 Å². The van der Waals surface area contributed by atoms with Crippen molar-refractivity contribution in [3.63, 3.8) is 0 Å². The van der Waals surface area contributed by atoms with Crippen molar-refractivity contribution in [2.45, 2.75) is 32.6 Å². The van der Waals surface area contributed by atoms with Crippen LogP contribution in [0.4, 0.5) is 0 Å². The predicted octanol–water partition coefficient (Wildman–Crippen LogP) is 5.04. The molecule has 1 atom stereocenters. The molecule has 0 saturated heterocycles. The lowest BCUT2D eigenvalue weighted by Crippen LogP contribution is -1.99. The summed E-state index contributed by atoms with van der Waals surface area (Å²) in [6.45, 7) is 4.30. The average Bonchev–Trinajstić information content (AvgIpc) is 2.21. The largest absolute Gasteiger partial charge is 0.198 e. The van der Waals surface area contributed by atoms with Crippen LogP contribution in [0.2, 0.25) is 10.0 Å². The monoisotopic (exact) mass is 255 g/mol. The molecule has 0 aliphatic rings. The molecule has 0 bridgehead atoms. The molecule has 0 amide bonds. The standard InChI is InChI=1S/C13H15Cl2N/c1-9(2)3-4-10(8-16)12-6-5-11(14)7-13(12)15/h5-7,9-10H,3-4H2,1-2H3/t10-/m0/s1. The van der Waals surface area contributed by atoms with E-state index < -0.39 is 0 Å². The summed E-state index contributed by atoms with van der Waals surface area (Å²) in [6, 6.07) is 7.63. The maximum atomic E-state index is 9.14. The number of nitrogens with zero attached hydrogens (tertiary/aromatic N) is 1. The molecule has 0 aromatic heterocycles. The quantitative estimate of drug-likeness (QED) is 0.740. The van der Waals surface area contributed by atoms with Gasteiger partial charge in [0.1, 0.15) is 0 Å². The summed E-state index contributed by atoms with van der Waals surface area (Å²) in [7, 11) is 0. The number of hydrogen-bond donors (Lipinski definition) is 0. The molecular weight excluding hydrogens is 241 g/mol. The van der Waals surface area contributed by atoms with Gasteiger partial charge in [-0.3, -0.25) is 0 Å². The maximum Gasteiger partial charge on any atom is 0.0727 e. The molecule has 0 heterocycles. The Bertz CT molecular complexity index is 393. The minimum atomic E-state index is -0.132. The SMILES string of the molecule is CC(C)CC[C@@H](C#N)c1ccc(Cl)cc1Cl. The van der Waals surface area contributed by atoms with E-state index in [1.54, 1.807) is 12.1 Å². The molecule has 1 nitrogen and oxygen atoms in total. The van der Waals surface area contributed by atoms with E-state index in [1.165, 1.54) is 0 Å². The van der Waals surface area contributed by atoms with Gasteiger partial charge in [-0.2, -0.15) is 5.26 Å². The Kier molecular flexibility index (Phi) is 5.12. The van der Waals surface area contributed by atoms with Gasteiger partial charge in [-0.05, 0) is 36.5 Å². The Morgan fingerprint density at radius 1 is 1.25 bits per heavy atom. The van der Waals surface area contributed by atoms with Gasteiger partial charge in [0.2, 0.25) is 0 Å². The fraction of sp³-hybridized carbons (Fsp3) is 0.462. The van der Waals surface area contributed by atoms with Crippen LogP contribution in [0.3, 0.4) is 0 Å². The smallest absolute Gasteiger partial charge is 0.0727 e. The van der Waals surface area contributed by atoms with Gasteiger partial charge in [0.05, 0.1) is 12.0 Å². The molecule has 1 aromatic rings. The number of halogens is 2. The zero-order chi connectivity index (χ0) is 12.1. The van der Waals surface area contributed by atoms with Crippen molar-refractivity contribution in [1.82, 2.24) is 0 Å². The molecule has 3 heteroatoms. The van der Waals surface area contributed by atoms with Crippen LogP contribution in [-0.2, 0) is 0 Å². The summed E-state index contributed by atoms with van der Waals surface area (Å²) in [5.41, 5.74) is 0.884. The topological polar surface area (TPSA) is 23.8 Å². The number of rotatable bonds is 4. The first-order valence-electron chi connectivity index (χ1n) is 5.39. The highest BCUT2D eigenvalue weighted by molar-refractivity contribution is 6.35. The minimum absolute atomic E-state index is 0.132. The first-order chi connectivity index (χ1) is 7.54. The lowest BCUT2D eigenvalue weighted by atomic mass is 9.92. The van der Waals surface area contributed by atoms with Gasteiger partial charge < -0.3 is 0 Å². The first kappa shape index (κ1) is 13.4. The first-order valence-corrected chi connectivity index (χ1v) is 6.14. The highest BCUT2D eigenvalue weighted by atomic mass is 35.5. The Hall–Kier alpha value is -0.710. The fourth-order valence-corrected chi connectivity index (χ4v) is 2.11. The number of hydrogen-bond acceptors (Lipinski definition) is 1. The van der Waals surface area contributed by atoms with Gasteiger partial charge in [0.15, 0.2) is 0 Å². The van der Waals surface area contributed by atoms with E-state index in [0.717, 1.165) is 18.4 Å². The molecule has 16 heavy (non-hydrogen) atoms. The van der Waals surface area contributed by atoms with Crippen molar-refractivity contribution in [2.75, 3.05) is 0 Å². The lowest BCUT2D eigenvalue weighted by molar-refractivity contribution is 0.537. The molecule has 0 unspecified atom stereocenters. The van der Waals surface area contributed by atoms with E-state index in [4.69, 9.17) is 28.5 Å². The van der Waals surface area contributed by atoms with Gasteiger partial charge in [-0.1, -0.05) is 43.1 Å². The average molecular weight is 256 g/mol. The van der Waals surface area contributed by atoms with Gasteiger partial charge >= 0.3 is 0 Å². The second kappa shape index (κ2) is 6.13. The van der Waals surface area contributed by atoms with Crippen molar-refractivity contribution in [1.29, 1.82) is 5.26 Å². The summed E-state index contributed by atoms with van der Waals surface area (Å²) in [5, 5.41) is 10.3. The molecule has 86 valence electrons. The fourth-order valence-electron chi connectivity index (χ4n) is 1.57. The highest BCUT2D eigenvalue weighted by Crippen LogP contribution is 2.30. The summed E-state index contributed by atoms with van der Waals surface area (Å²) in [6.07, 6.45) is 1.87. The summed E-state index contributed by atoms with van der Waals surface area (Å²) in [4.78, 5) is 0. The van der Waals surface area contributed by atoms with Gasteiger partial charge in [-0.15, -0.1) is 0 Å². The van der Waals surface area contributed by atoms with Crippen molar-refractivity contribution in [3.05, 3.63) is 33.8 Å². The van der Waals surface area contributed by atoms with E-state index in [0.29, 0.717) is 16.0 Å². The normalized spacial score (nSPS) is 12.5. The van der Waals surface area contributed by atoms with E-state index in [2.05, 4.69) is 19.9 Å². The Labute approximate surface area is 107 Å². The van der Waals surface area contributed by atoms with E-state index in [9.17, 15) is 0 Å². The van der Waals surface area contributed by atoms with Crippen LogP contribution < -0.4 is 0 Å². The minimum Gasteiger partial charge on any atom is -0.198 e. The molecule has 0 radical (unpaired) electrons. The summed E-state index contributed by atoms with van der Waals surface area (Å²) < 4.78 is 0. The van der Waals surface area contributed by atoms with E-state index >= 15 is 0 Å². The summed E-state index contributed by atoms with van der Waals surface area (Å²) in [5.74, 6) is 0.467. The molecule has 0 N–H and O–H groups in total. The lowest BCUT2D eigenvalue weighted by Gasteiger charge is -2.12. The molecule has 0 fully saturated rings. The van der Waals surface area contributed by atoms with Crippen molar-refractivity contribution in [3.8, 4) is 6.07 Å². The van der Waals surface area contributed by atoms with Gasteiger partial charge in [0, 0.05) is 10.0 Å². The molecule has 0 saturated carbocycles. The second-order valence-electron chi connectivity index (χ2n) is 4.32. The second-order valence-corrected chi connectivity index (χ2v) is 5.16. The maximum absolute atomic E-state index is 9.14. The Balaban J connectivity index is 2.84. The zero-order valence-corrected chi connectivity index (χ0v) is 11.0. The number of nitriles is 1. The predicted molar refractivity (Wildman–Crippen MR) is 68.9 cm³/mol. The Morgan fingerprint density at radius 3 is 2.44 bits per heavy atom. The number of benzene rings is 1.